The first kappa shape index (κ1) is 12.9. The molecule has 0 bridgehead atoms. The lowest BCUT2D eigenvalue weighted by molar-refractivity contribution is 0.432. The molecule has 1 nitrogen and oxygen atoms in total. The first-order valence-electron chi connectivity index (χ1n) is 5.80. The third-order valence-corrected chi connectivity index (χ3v) is 2.69. The molecule has 2 heteroatoms. The Hall–Kier alpha value is -1.15. The van der Waals surface area contributed by atoms with Crippen molar-refractivity contribution in [1.82, 2.24) is 5.32 Å². The number of hydrogen-bond acceptors (Lipinski definition) is 1. The van der Waals surface area contributed by atoms with Crippen LogP contribution in [0.25, 0.3) is 0 Å². The van der Waals surface area contributed by atoms with E-state index in [4.69, 9.17) is 0 Å². The molecule has 1 aromatic rings. The Morgan fingerprint density at radius 2 is 2.12 bits per heavy atom. The van der Waals surface area contributed by atoms with Crippen molar-refractivity contribution in [3.05, 3.63) is 48.3 Å². The van der Waals surface area contributed by atoms with Crippen LogP contribution in [0.2, 0.25) is 0 Å². The van der Waals surface area contributed by atoms with Crippen molar-refractivity contribution in [3.8, 4) is 0 Å². The highest BCUT2D eigenvalue weighted by Crippen LogP contribution is 2.20. The summed E-state index contributed by atoms with van der Waals surface area (Å²) in [4.78, 5) is 0. The maximum atomic E-state index is 13.6. The maximum absolute atomic E-state index is 13.6. The van der Waals surface area contributed by atoms with Crippen LogP contribution in [0.4, 0.5) is 4.39 Å². The lowest BCUT2D eigenvalue weighted by atomic mass is 10.0. The summed E-state index contributed by atoms with van der Waals surface area (Å²) in [6.45, 7) is 7.86. The van der Waals surface area contributed by atoms with Gasteiger partial charge in [0.2, 0.25) is 0 Å². The average molecular weight is 221 g/mol. The highest BCUT2D eigenvalue weighted by Gasteiger charge is 2.14. The summed E-state index contributed by atoms with van der Waals surface area (Å²) in [6, 6.07) is 7.35. The molecule has 16 heavy (non-hydrogen) atoms. The van der Waals surface area contributed by atoms with E-state index in [0.717, 1.165) is 18.4 Å². The van der Waals surface area contributed by atoms with Crippen LogP contribution in [-0.2, 0) is 0 Å². The molecule has 0 heterocycles. The van der Waals surface area contributed by atoms with Gasteiger partial charge in [-0.2, -0.15) is 0 Å². The van der Waals surface area contributed by atoms with Crippen molar-refractivity contribution in [2.45, 2.75) is 38.8 Å². The molecule has 0 aliphatic heterocycles. The highest BCUT2D eigenvalue weighted by atomic mass is 19.1. The molecule has 0 aliphatic rings. The lowest BCUT2D eigenvalue weighted by Crippen LogP contribution is -2.30. The summed E-state index contributed by atoms with van der Waals surface area (Å²) in [5, 5.41) is 3.41. The second kappa shape index (κ2) is 6.44. The Kier molecular flexibility index (Phi) is 5.20. The van der Waals surface area contributed by atoms with Gasteiger partial charge in [0.25, 0.3) is 0 Å². The molecule has 0 aliphatic carbocycles. The van der Waals surface area contributed by atoms with Gasteiger partial charge in [-0.25, -0.2) is 4.39 Å². The van der Waals surface area contributed by atoms with Crippen LogP contribution >= 0.6 is 0 Å². The van der Waals surface area contributed by atoms with E-state index in [1.807, 2.05) is 18.2 Å². The first-order valence-corrected chi connectivity index (χ1v) is 5.80. The fourth-order valence-electron chi connectivity index (χ4n) is 1.85. The molecule has 0 amide bonds. The van der Waals surface area contributed by atoms with E-state index in [2.05, 4.69) is 25.7 Å². The van der Waals surface area contributed by atoms with E-state index in [0.29, 0.717) is 6.04 Å². The zero-order valence-corrected chi connectivity index (χ0v) is 10.0. The Bertz CT molecular complexity index is 335. The Morgan fingerprint density at radius 3 is 2.69 bits per heavy atom. The monoisotopic (exact) mass is 221 g/mol. The van der Waals surface area contributed by atoms with Crippen LogP contribution in [0.5, 0.6) is 0 Å². The van der Waals surface area contributed by atoms with Crippen LogP contribution in [0.3, 0.4) is 0 Å². The largest absolute Gasteiger partial charge is 0.307 e. The van der Waals surface area contributed by atoms with E-state index in [-0.39, 0.29) is 11.9 Å². The molecule has 2 atom stereocenters. The Labute approximate surface area is 97.4 Å². The highest BCUT2D eigenvalue weighted by molar-refractivity contribution is 5.21. The molecule has 1 aromatic carbocycles. The first-order chi connectivity index (χ1) is 7.69. The van der Waals surface area contributed by atoms with Crippen LogP contribution in [0.1, 0.15) is 38.3 Å². The van der Waals surface area contributed by atoms with Gasteiger partial charge in [0.1, 0.15) is 5.82 Å². The predicted molar refractivity (Wildman–Crippen MR) is 66.8 cm³/mol. The maximum Gasteiger partial charge on any atom is 0.127 e. The van der Waals surface area contributed by atoms with Gasteiger partial charge in [-0.1, -0.05) is 31.2 Å². The minimum Gasteiger partial charge on any atom is -0.307 e. The lowest BCUT2D eigenvalue weighted by Gasteiger charge is -2.22. The molecule has 0 spiro atoms. The molecular weight excluding hydrogens is 201 g/mol. The van der Waals surface area contributed by atoms with E-state index >= 15 is 0 Å². The summed E-state index contributed by atoms with van der Waals surface area (Å²) >= 11 is 0. The number of benzene rings is 1. The molecule has 0 aromatic heterocycles. The van der Waals surface area contributed by atoms with Crippen LogP contribution in [0, 0.1) is 5.82 Å². The van der Waals surface area contributed by atoms with Crippen molar-refractivity contribution < 1.29 is 4.39 Å². The van der Waals surface area contributed by atoms with Gasteiger partial charge in [0, 0.05) is 17.6 Å². The third-order valence-electron chi connectivity index (χ3n) is 2.69. The fourth-order valence-corrected chi connectivity index (χ4v) is 1.85. The van der Waals surface area contributed by atoms with Crippen LogP contribution < -0.4 is 5.32 Å². The quantitative estimate of drug-likeness (QED) is 0.720. The topological polar surface area (TPSA) is 12.0 Å². The van der Waals surface area contributed by atoms with Crippen molar-refractivity contribution in [2.24, 2.45) is 0 Å². The zero-order valence-electron chi connectivity index (χ0n) is 10.0. The summed E-state index contributed by atoms with van der Waals surface area (Å²) < 4.78 is 13.6. The summed E-state index contributed by atoms with van der Waals surface area (Å²) in [6.07, 6.45) is 3.65. The molecule has 88 valence electrons. The van der Waals surface area contributed by atoms with Gasteiger partial charge in [0.15, 0.2) is 0 Å². The Balaban J connectivity index is 2.74. The average Bonchev–Trinajstić information content (AvgIpc) is 2.27. The zero-order chi connectivity index (χ0) is 12.0. The van der Waals surface area contributed by atoms with Gasteiger partial charge in [0.05, 0.1) is 0 Å². The normalized spacial score (nSPS) is 14.4. The number of rotatable bonds is 6. The van der Waals surface area contributed by atoms with Gasteiger partial charge in [-0.15, -0.1) is 6.58 Å². The summed E-state index contributed by atoms with van der Waals surface area (Å²) in [7, 11) is 0. The van der Waals surface area contributed by atoms with Crippen molar-refractivity contribution in [1.29, 1.82) is 0 Å². The second-order valence-corrected chi connectivity index (χ2v) is 4.07. The second-order valence-electron chi connectivity index (χ2n) is 4.07. The van der Waals surface area contributed by atoms with Crippen molar-refractivity contribution in [3.63, 3.8) is 0 Å². The summed E-state index contributed by atoms with van der Waals surface area (Å²) in [5.41, 5.74) is 0.751. The smallest absolute Gasteiger partial charge is 0.127 e. The van der Waals surface area contributed by atoms with E-state index in [1.165, 1.54) is 6.07 Å². The molecule has 0 fully saturated rings. The number of nitrogens with one attached hydrogen (secondary N) is 1. The van der Waals surface area contributed by atoms with Crippen LogP contribution in [-0.4, -0.2) is 6.04 Å². The van der Waals surface area contributed by atoms with Crippen LogP contribution in [0.15, 0.2) is 36.9 Å². The van der Waals surface area contributed by atoms with Gasteiger partial charge < -0.3 is 5.32 Å². The number of hydrogen-bond donors (Lipinski definition) is 1. The van der Waals surface area contributed by atoms with Crippen molar-refractivity contribution in [2.75, 3.05) is 0 Å². The van der Waals surface area contributed by atoms with E-state index in [1.54, 1.807) is 6.07 Å². The minimum absolute atomic E-state index is 0.0798. The molecular formula is C14H20FN. The predicted octanol–water partition coefficient (Wildman–Crippen LogP) is 3.83. The van der Waals surface area contributed by atoms with Gasteiger partial charge in [-0.3, -0.25) is 0 Å². The van der Waals surface area contributed by atoms with Gasteiger partial charge in [-0.05, 0) is 25.8 Å². The third kappa shape index (κ3) is 3.46. The van der Waals surface area contributed by atoms with E-state index in [9.17, 15) is 4.39 Å². The standard InChI is InChI=1S/C14H20FN/c1-4-8-11(3)16-14(5-2)12-9-6-7-10-13(12)15/h4,6-7,9-11,14,16H,1,5,8H2,2-3H3. The fraction of sp³-hybridized carbons (Fsp3) is 0.429. The molecule has 0 saturated heterocycles. The van der Waals surface area contributed by atoms with Gasteiger partial charge >= 0.3 is 0 Å². The minimum atomic E-state index is -0.132. The Morgan fingerprint density at radius 1 is 1.44 bits per heavy atom. The number of halogens is 1. The summed E-state index contributed by atoms with van der Waals surface area (Å²) in [5.74, 6) is -0.132. The van der Waals surface area contributed by atoms with E-state index < -0.39 is 0 Å². The molecule has 0 radical (unpaired) electrons. The molecule has 2 unspecified atom stereocenters. The molecule has 0 saturated carbocycles. The van der Waals surface area contributed by atoms with Crippen molar-refractivity contribution >= 4 is 0 Å². The SMILES string of the molecule is C=CCC(C)NC(CC)c1ccccc1F. The molecule has 1 rings (SSSR count). The molecule has 1 N–H and O–H groups in total.